The molecule has 3 aliphatic rings. The Hall–Kier alpha value is -2.30. The van der Waals surface area contributed by atoms with Crippen molar-refractivity contribution in [2.75, 3.05) is 7.11 Å². The number of benzene rings is 1. The number of methoxy groups -OCH3 is 1. The summed E-state index contributed by atoms with van der Waals surface area (Å²) in [6, 6.07) is 8.03. The van der Waals surface area contributed by atoms with Crippen LogP contribution in [-0.2, 0) is 16.1 Å². The Kier molecular flexibility index (Phi) is 4.94. The number of carbonyl (C=O) groups excluding carboxylic acids is 2. The lowest BCUT2D eigenvalue weighted by atomic mass is 9.75. The van der Waals surface area contributed by atoms with Gasteiger partial charge in [-0.15, -0.1) is 0 Å². The summed E-state index contributed by atoms with van der Waals surface area (Å²) in [5.41, 5.74) is 1.40. The highest BCUT2D eigenvalue weighted by Crippen LogP contribution is 2.50. The van der Waals surface area contributed by atoms with Gasteiger partial charge in [0.15, 0.2) is 0 Å². The predicted molar refractivity (Wildman–Crippen MR) is 103 cm³/mol. The van der Waals surface area contributed by atoms with Crippen LogP contribution < -0.4 is 10.1 Å². The molecular formula is C22H28N2O3. The summed E-state index contributed by atoms with van der Waals surface area (Å²) in [7, 11) is 1.64. The van der Waals surface area contributed by atoms with E-state index >= 15 is 0 Å². The number of fused-ring (bicyclic) bond motifs is 1. The van der Waals surface area contributed by atoms with Crippen LogP contribution in [0.4, 0.5) is 0 Å². The molecule has 1 heterocycles. The number of hydrogen-bond donors (Lipinski definition) is 1. The van der Waals surface area contributed by atoms with Crippen molar-refractivity contribution in [1.82, 2.24) is 10.2 Å². The molecule has 1 aromatic carbocycles. The molecule has 0 radical (unpaired) electrons. The monoisotopic (exact) mass is 368 g/mol. The van der Waals surface area contributed by atoms with Crippen molar-refractivity contribution in [3.8, 4) is 5.75 Å². The van der Waals surface area contributed by atoms with E-state index in [-0.39, 0.29) is 17.9 Å². The first-order valence-electron chi connectivity index (χ1n) is 10.1. The van der Waals surface area contributed by atoms with Gasteiger partial charge in [0.2, 0.25) is 11.8 Å². The maximum atomic E-state index is 13.3. The summed E-state index contributed by atoms with van der Waals surface area (Å²) >= 11 is 0. The van der Waals surface area contributed by atoms with Crippen LogP contribution in [0.25, 0.3) is 0 Å². The third-order valence-corrected chi connectivity index (χ3v) is 6.45. The van der Waals surface area contributed by atoms with E-state index in [2.05, 4.69) is 11.4 Å². The first-order chi connectivity index (χ1) is 13.2. The number of amides is 2. The van der Waals surface area contributed by atoms with Gasteiger partial charge in [-0.3, -0.25) is 9.59 Å². The van der Waals surface area contributed by atoms with Crippen molar-refractivity contribution < 1.29 is 14.3 Å². The smallest absolute Gasteiger partial charge is 0.232 e. The Balaban J connectivity index is 1.53. The van der Waals surface area contributed by atoms with E-state index in [1.807, 2.05) is 29.2 Å². The zero-order valence-electron chi connectivity index (χ0n) is 16.0. The number of rotatable bonds is 5. The average Bonchev–Trinajstić information content (AvgIpc) is 3.36. The largest absolute Gasteiger partial charge is 0.496 e. The summed E-state index contributed by atoms with van der Waals surface area (Å²) in [6.45, 7) is 0.440. The van der Waals surface area contributed by atoms with Gasteiger partial charge in [0.1, 0.15) is 5.75 Å². The number of hydrogen-bond acceptors (Lipinski definition) is 3. The number of nitrogens with one attached hydrogen (secondary N) is 1. The van der Waals surface area contributed by atoms with Gasteiger partial charge in [-0.05, 0) is 38.2 Å². The van der Waals surface area contributed by atoms with Crippen LogP contribution in [0, 0.1) is 5.41 Å². The Morgan fingerprint density at radius 2 is 2.04 bits per heavy atom. The van der Waals surface area contributed by atoms with Gasteiger partial charge >= 0.3 is 0 Å². The maximum absolute atomic E-state index is 13.3. The molecule has 1 unspecified atom stereocenters. The minimum absolute atomic E-state index is 0.0488. The zero-order chi connectivity index (χ0) is 18.9. The molecule has 5 nitrogen and oxygen atoms in total. The molecule has 5 heteroatoms. The minimum atomic E-state index is -0.543. The quantitative estimate of drug-likeness (QED) is 0.865. The summed E-state index contributed by atoms with van der Waals surface area (Å²) in [5, 5.41) is 3.13. The van der Waals surface area contributed by atoms with Crippen LogP contribution in [0.15, 0.2) is 36.0 Å². The van der Waals surface area contributed by atoms with E-state index in [0.29, 0.717) is 19.4 Å². The van der Waals surface area contributed by atoms with Crippen LogP contribution in [-0.4, -0.2) is 29.9 Å². The lowest BCUT2D eigenvalue weighted by molar-refractivity contribution is -0.141. The predicted octanol–water partition coefficient (Wildman–Crippen LogP) is 3.54. The van der Waals surface area contributed by atoms with Crippen molar-refractivity contribution in [3.63, 3.8) is 0 Å². The van der Waals surface area contributed by atoms with E-state index in [9.17, 15) is 9.59 Å². The van der Waals surface area contributed by atoms with Crippen molar-refractivity contribution in [2.24, 2.45) is 5.41 Å². The molecule has 0 bridgehead atoms. The van der Waals surface area contributed by atoms with Crippen LogP contribution >= 0.6 is 0 Å². The summed E-state index contributed by atoms with van der Waals surface area (Å²) < 4.78 is 5.39. The summed E-state index contributed by atoms with van der Waals surface area (Å²) in [5.74, 6) is 1.03. The van der Waals surface area contributed by atoms with Crippen LogP contribution in [0.1, 0.15) is 56.9 Å². The van der Waals surface area contributed by atoms with E-state index in [0.717, 1.165) is 42.7 Å². The molecule has 27 heavy (non-hydrogen) atoms. The highest BCUT2D eigenvalue weighted by Gasteiger charge is 2.52. The van der Waals surface area contributed by atoms with Crippen LogP contribution in [0.3, 0.4) is 0 Å². The lowest BCUT2D eigenvalue weighted by Gasteiger charge is -2.44. The summed E-state index contributed by atoms with van der Waals surface area (Å²) in [6.07, 6.45) is 9.37. The second-order valence-corrected chi connectivity index (χ2v) is 7.91. The van der Waals surface area contributed by atoms with Gasteiger partial charge in [-0.25, -0.2) is 0 Å². The number of carbonyl (C=O) groups is 2. The summed E-state index contributed by atoms with van der Waals surface area (Å²) in [4.78, 5) is 28.0. The van der Waals surface area contributed by atoms with Gasteiger partial charge in [0, 0.05) is 30.3 Å². The number of para-hydroxylation sites is 1. The zero-order valence-corrected chi connectivity index (χ0v) is 16.0. The van der Waals surface area contributed by atoms with E-state index in [4.69, 9.17) is 4.74 Å². The topological polar surface area (TPSA) is 58.6 Å². The van der Waals surface area contributed by atoms with E-state index in [1.54, 1.807) is 7.11 Å². The molecule has 2 fully saturated rings. The van der Waals surface area contributed by atoms with E-state index in [1.165, 1.54) is 12.8 Å². The number of allylic oxidation sites excluding steroid dienone is 1. The fraction of sp³-hybridized carbons (Fsp3) is 0.545. The standard InChI is InChI=1S/C22H28N2O3/c1-27-18-10-5-2-7-16(18)15-23-21(26)22-13-6-11-19(22)24(20(25)12-14-22)17-8-3-4-9-17/h2,5,7,10-11,17H,3-4,6,8-9,12-15H2,1H3,(H,23,26). The molecule has 1 saturated heterocycles. The second kappa shape index (κ2) is 7.37. The maximum Gasteiger partial charge on any atom is 0.232 e. The molecular weight excluding hydrogens is 340 g/mol. The molecule has 1 saturated carbocycles. The minimum Gasteiger partial charge on any atom is -0.496 e. The fourth-order valence-electron chi connectivity index (χ4n) is 5.04. The number of piperidine rings is 1. The molecule has 1 aliphatic heterocycles. The molecule has 0 spiro atoms. The molecule has 2 aliphatic carbocycles. The molecule has 1 atom stereocenters. The van der Waals surface area contributed by atoms with Crippen molar-refractivity contribution in [1.29, 1.82) is 0 Å². The van der Waals surface area contributed by atoms with Gasteiger partial charge < -0.3 is 15.0 Å². The first kappa shape index (κ1) is 18.1. The molecule has 0 aromatic heterocycles. The molecule has 4 rings (SSSR count). The van der Waals surface area contributed by atoms with Crippen molar-refractivity contribution >= 4 is 11.8 Å². The second-order valence-electron chi connectivity index (χ2n) is 7.91. The third kappa shape index (κ3) is 3.13. The van der Waals surface area contributed by atoms with Crippen LogP contribution in [0.2, 0.25) is 0 Å². The average molecular weight is 368 g/mol. The molecule has 1 N–H and O–H groups in total. The SMILES string of the molecule is COc1ccccc1CNC(=O)C12CCC=C1N(C1CCCC1)C(=O)CC2. The number of likely N-dealkylation sites (tertiary alicyclic amines) is 1. The molecule has 1 aromatic rings. The Morgan fingerprint density at radius 1 is 1.26 bits per heavy atom. The normalized spacial score (nSPS) is 25.3. The van der Waals surface area contributed by atoms with Gasteiger partial charge in [-0.1, -0.05) is 37.1 Å². The van der Waals surface area contributed by atoms with Gasteiger partial charge in [0.25, 0.3) is 0 Å². The lowest BCUT2D eigenvalue weighted by Crippen LogP contribution is -2.52. The highest BCUT2D eigenvalue weighted by molar-refractivity contribution is 5.91. The van der Waals surface area contributed by atoms with E-state index < -0.39 is 5.41 Å². The van der Waals surface area contributed by atoms with Crippen molar-refractivity contribution in [2.45, 2.75) is 64.0 Å². The van der Waals surface area contributed by atoms with Crippen molar-refractivity contribution in [3.05, 3.63) is 41.6 Å². The van der Waals surface area contributed by atoms with Crippen LogP contribution in [0.5, 0.6) is 5.75 Å². The fourth-order valence-corrected chi connectivity index (χ4v) is 5.04. The van der Waals surface area contributed by atoms with Gasteiger partial charge in [-0.2, -0.15) is 0 Å². The Bertz CT molecular complexity index is 767. The Morgan fingerprint density at radius 3 is 2.81 bits per heavy atom. The number of ether oxygens (including phenoxy) is 1. The molecule has 2 amide bonds. The highest BCUT2D eigenvalue weighted by atomic mass is 16.5. The Labute approximate surface area is 160 Å². The number of nitrogens with zero attached hydrogens (tertiary/aromatic N) is 1. The van der Waals surface area contributed by atoms with Gasteiger partial charge in [0.05, 0.1) is 12.5 Å². The molecule has 144 valence electrons. The first-order valence-corrected chi connectivity index (χ1v) is 10.1. The third-order valence-electron chi connectivity index (χ3n) is 6.45.